The van der Waals surface area contributed by atoms with Gasteiger partial charge >= 0.3 is 0 Å². The molecule has 6 nitrogen and oxygen atoms in total. The fourth-order valence-corrected chi connectivity index (χ4v) is 5.32. The Bertz CT molecular complexity index is 1310. The summed E-state index contributed by atoms with van der Waals surface area (Å²) in [6.07, 6.45) is 1.67. The molecule has 0 aromatic heterocycles. The van der Waals surface area contributed by atoms with Crippen molar-refractivity contribution in [3.05, 3.63) is 91.2 Å². The Balaban J connectivity index is 1.48. The molecule has 2 amide bonds. The molecule has 3 aromatic carbocycles. The van der Waals surface area contributed by atoms with Crippen LogP contribution in [0.5, 0.6) is 17.2 Å². The van der Waals surface area contributed by atoms with Crippen LogP contribution in [-0.4, -0.2) is 36.3 Å². The van der Waals surface area contributed by atoms with Crippen LogP contribution in [0.1, 0.15) is 16.7 Å². The third kappa shape index (κ3) is 6.14. The predicted octanol–water partition coefficient (Wildman–Crippen LogP) is 7.22. The zero-order valence-electron chi connectivity index (χ0n) is 19.6. The Morgan fingerprint density at radius 1 is 0.972 bits per heavy atom. The summed E-state index contributed by atoms with van der Waals surface area (Å²) in [5.74, 6) is 1.38. The SMILES string of the molecule is COc1cc(/C=C2\SC(=O)N(CCOc3cccc(C)c3)C2=O)c(Br)c(Br)c1OCc1ccccc1. The van der Waals surface area contributed by atoms with Crippen LogP contribution in [-0.2, 0) is 11.4 Å². The molecule has 1 fully saturated rings. The number of rotatable bonds is 9. The first-order valence-electron chi connectivity index (χ1n) is 11.0. The average molecular weight is 633 g/mol. The van der Waals surface area contributed by atoms with Gasteiger partial charge in [-0.25, -0.2) is 0 Å². The quantitative estimate of drug-likeness (QED) is 0.232. The zero-order chi connectivity index (χ0) is 25.7. The molecular formula is C27H23Br2NO5S. The summed E-state index contributed by atoms with van der Waals surface area (Å²) in [4.78, 5) is 27.0. The molecule has 36 heavy (non-hydrogen) atoms. The molecule has 0 unspecified atom stereocenters. The van der Waals surface area contributed by atoms with E-state index in [-0.39, 0.29) is 24.3 Å². The molecule has 1 aliphatic heterocycles. The molecule has 4 rings (SSSR count). The van der Waals surface area contributed by atoms with Crippen molar-refractivity contribution in [2.75, 3.05) is 20.3 Å². The van der Waals surface area contributed by atoms with E-state index in [0.717, 1.165) is 22.9 Å². The highest BCUT2D eigenvalue weighted by Gasteiger charge is 2.35. The molecule has 0 radical (unpaired) electrons. The maximum atomic E-state index is 13.0. The first-order valence-corrected chi connectivity index (χ1v) is 13.4. The van der Waals surface area contributed by atoms with E-state index in [0.29, 0.717) is 43.3 Å². The van der Waals surface area contributed by atoms with Crippen molar-refractivity contribution in [3.8, 4) is 17.2 Å². The molecule has 1 heterocycles. The highest BCUT2D eigenvalue weighted by atomic mass is 79.9. The van der Waals surface area contributed by atoms with Crippen molar-refractivity contribution in [1.82, 2.24) is 4.90 Å². The predicted molar refractivity (Wildman–Crippen MR) is 149 cm³/mol. The number of amides is 2. The number of imide groups is 1. The topological polar surface area (TPSA) is 65.1 Å². The van der Waals surface area contributed by atoms with E-state index >= 15 is 0 Å². The van der Waals surface area contributed by atoms with Crippen molar-refractivity contribution in [1.29, 1.82) is 0 Å². The highest BCUT2D eigenvalue weighted by Crippen LogP contribution is 2.44. The summed E-state index contributed by atoms with van der Waals surface area (Å²) in [5, 5.41) is -0.330. The van der Waals surface area contributed by atoms with Gasteiger partial charge in [0.05, 0.1) is 23.0 Å². The van der Waals surface area contributed by atoms with Gasteiger partial charge in [-0.2, -0.15) is 0 Å². The van der Waals surface area contributed by atoms with Crippen LogP contribution >= 0.6 is 43.6 Å². The second-order valence-corrected chi connectivity index (χ2v) is 10.5. The van der Waals surface area contributed by atoms with Crippen LogP contribution in [0.15, 0.2) is 74.5 Å². The highest BCUT2D eigenvalue weighted by molar-refractivity contribution is 9.13. The van der Waals surface area contributed by atoms with Crippen LogP contribution in [0, 0.1) is 6.92 Å². The number of nitrogens with zero attached hydrogens (tertiary/aromatic N) is 1. The number of carbonyl (C=O) groups excluding carboxylic acids is 2. The van der Waals surface area contributed by atoms with Gasteiger partial charge < -0.3 is 14.2 Å². The molecular weight excluding hydrogens is 610 g/mol. The van der Waals surface area contributed by atoms with E-state index in [4.69, 9.17) is 14.2 Å². The molecule has 0 spiro atoms. The monoisotopic (exact) mass is 631 g/mol. The number of ether oxygens (including phenoxy) is 3. The number of aryl methyl sites for hydroxylation is 1. The average Bonchev–Trinajstić information content (AvgIpc) is 3.14. The van der Waals surface area contributed by atoms with Crippen LogP contribution in [0.3, 0.4) is 0 Å². The first-order chi connectivity index (χ1) is 17.4. The molecule has 9 heteroatoms. The van der Waals surface area contributed by atoms with Gasteiger partial charge in [0, 0.05) is 4.47 Å². The number of carbonyl (C=O) groups is 2. The van der Waals surface area contributed by atoms with Crippen molar-refractivity contribution in [2.24, 2.45) is 0 Å². The molecule has 0 aliphatic carbocycles. The van der Waals surface area contributed by atoms with E-state index in [1.165, 1.54) is 4.90 Å². The Kier molecular flexibility index (Phi) is 8.77. The lowest BCUT2D eigenvalue weighted by atomic mass is 10.1. The molecule has 0 bridgehead atoms. The number of halogens is 2. The molecule has 0 atom stereocenters. The molecule has 1 aliphatic rings. The minimum Gasteiger partial charge on any atom is -0.493 e. The van der Waals surface area contributed by atoms with Crippen LogP contribution in [0.25, 0.3) is 6.08 Å². The van der Waals surface area contributed by atoms with Gasteiger partial charge in [0.25, 0.3) is 11.1 Å². The summed E-state index contributed by atoms with van der Waals surface area (Å²) in [6.45, 7) is 2.72. The summed E-state index contributed by atoms with van der Waals surface area (Å²) in [6, 6.07) is 19.2. The minimum atomic E-state index is -0.357. The second kappa shape index (κ2) is 12.0. The first kappa shape index (κ1) is 26.3. The fourth-order valence-electron chi connectivity index (χ4n) is 3.52. The van der Waals surface area contributed by atoms with Crippen LogP contribution < -0.4 is 14.2 Å². The smallest absolute Gasteiger partial charge is 0.293 e. The fraction of sp³-hybridized carbons (Fsp3) is 0.185. The Morgan fingerprint density at radius 2 is 1.75 bits per heavy atom. The normalized spacial score (nSPS) is 14.4. The van der Waals surface area contributed by atoms with Gasteiger partial charge in [-0.15, -0.1) is 0 Å². The number of hydrogen-bond acceptors (Lipinski definition) is 6. The maximum Gasteiger partial charge on any atom is 0.293 e. The summed E-state index contributed by atoms with van der Waals surface area (Å²) in [7, 11) is 1.55. The van der Waals surface area contributed by atoms with Crippen LogP contribution in [0.4, 0.5) is 4.79 Å². The van der Waals surface area contributed by atoms with Crippen molar-refractivity contribution in [2.45, 2.75) is 13.5 Å². The minimum absolute atomic E-state index is 0.163. The Hall–Kier alpha value is -2.75. The molecule has 0 saturated carbocycles. The van der Waals surface area contributed by atoms with Gasteiger partial charge in [-0.05, 0) is 91.5 Å². The largest absolute Gasteiger partial charge is 0.493 e. The van der Waals surface area contributed by atoms with Crippen molar-refractivity contribution >= 4 is 60.8 Å². The van der Waals surface area contributed by atoms with Gasteiger partial charge in [0.2, 0.25) is 0 Å². The zero-order valence-corrected chi connectivity index (χ0v) is 23.6. The van der Waals surface area contributed by atoms with Gasteiger partial charge in [0.1, 0.15) is 19.0 Å². The van der Waals surface area contributed by atoms with Gasteiger partial charge in [-0.3, -0.25) is 14.5 Å². The number of hydrogen-bond donors (Lipinski definition) is 0. The lowest BCUT2D eigenvalue weighted by Crippen LogP contribution is -2.32. The number of thioether (sulfide) groups is 1. The van der Waals surface area contributed by atoms with E-state index in [9.17, 15) is 9.59 Å². The lowest BCUT2D eigenvalue weighted by molar-refractivity contribution is -0.123. The Morgan fingerprint density at radius 3 is 2.47 bits per heavy atom. The lowest BCUT2D eigenvalue weighted by Gasteiger charge is -2.16. The maximum absolute atomic E-state index is 13.0. The molecule has 1 saturated heterocycles. The third-order valence-electron chi connectivity index (χ3n) is 5.34. The molecule has 0 N–H and O–H groups in total. The molecule has 3 aromatic rings. The van der Waals surface area contributed by atoms with Crippen LogP contribution in [0.2, 0.25) is 0 Å². The van der Waals surface area contributed by atoms with E-state index < -0.39 is 0 Å². The van der Waals surface area contributed by atoms with Gasteiger partial charge in [-0.1, -0.05) is 42.5 Å². The second-order valence-electron chi connectivity index (χ2n) is 7.90. The van der Waals surface area contributed by atoms with Gasteiger partial charge in [0.15, 0.2) is 11.5 Å². The van der Waals surface area contributed by atoms with E-state index in [2.05, 4.69) is 31.9 Å². The third-order valence-corrected chi connectivity index (χ3v) is 8.39. The Labute approximate surface area is 230 Å². The van der Waals surface area contributed by atoms with E-state index in [1.807, 2.05) is 61.5 Å². The summed E-state index contributed by atoms with van der Waals surface area (Å²) < 4.78 is 18.6. The number of methoxy groups -OCH3 is 1. The van der Waals surface area contributed by atoms with E-state index in [1.54, 1.807) is 19.3 Å². The van der Waals surface area contributed by atoms with Crippen molar-refractivity contribution in [3.63, 3.8) is 0 Å². The summed E-state index contributed by atoms with van der Waals surface area (Å²) in [5.41, 5.74) is 2.77. The number of benzene rings is 3. The molecule has 186 valence electrons. The summed E-state index contributed by atoms with van der Waals surface area (Å²) >= 11 is 8.06. The standard InChI is InChI=1S/C27H23Br2NO5S/c1-17-7-6-10-20(13-17)34-12-11-30-26(31)22(36-27(30)32)15-19-14-21(33-2)25(24(29)23(19)28)35-16-18-8-4-3-5-9-18/h3-10,13-15H,11-12,16H2,1-2H3/b22-15-. The van der Waals surface area contributed by atoms with Crippen molar-refractivity contribution < 1.29 is 23.8 Å².